The lowest BCUT2D eigenvalue weighted by molar-refractivity contribution is -0.136. The molecule has 1 aliphatic carbocycles. The number of carbonyl (C=O) groups excluding carboxylic acids is 3. The fourth-order valence-electron chi connectivity index (χ4n) is 2.56. The second-order valence-corrected chi connectivity index (χ2v) is 4.81. The molecule has 3 rings (SSSR count). The average Bonchev–Trinajstić information content (AvgIpc) is 2.78. The van der Waals surface area contributed by atoms with Crippen LogP contribution in [0.1, 0.15) is 12.8 Å². The van der Waals surface area contributed by atoms with Crippen LogP contribution in [0.25, 0.3) is 0 Å². The molecule has 2 heterocycles. The van der Waals surface area contributed by atoms with Gasteiger partial charge in [0.1, 0.15) is 6.04 Å². The first-order valence-corrected chi connectivity index (χ1v) is 6.09. The lowest BCUT2D eigenvalue weighted by Gasteiger charge is -2.29. The number of piperidine rings is 1. The van der Waals surface area contributed by atoms with E-state index >= 15 is 0 Å². The van der Waals surface area contributed by atoms with Crippen LogP contribution < -0.4 is 11.1 Å². The minimum atomic E-state index is -0.375. The van der Waals surface area contributed by atoms with Crippen molar-refractivity contribution >= 4 is 17.6 Å². The van der Waals surface area contributed by atoms with Gasteiger partial charge >= 0.3 is 0 Å². The van der Waals surface area contributed by atoms with Gasteiger partial charge in [-0.3, -0.25) is 19.7 Å². The van der Waals surface area contributed by atoms with Crippen molar-refractivity contribution in [1.82, 2.24) is 10.2 Å². The molecule has 2 aliphatic heterocycles. The molecule has 3 aliphatic rings. The zero-order valence-electron chi connectivity index (χ0n) is 10.2. The summed E-state index contributed by atoms with van der Waals surface area (Å²) in [6, 6.07) is -0.375. The smallest absolute Gasteiger partial charge is 0.249 e. The Labute approximate surface area is 109 Å². The fraction of sp³-hybridized carbons (Fsp3) is 0.308. The van der Waals surface area contributed by atoms with Gasteiger partial charge in [-0.25, -0.2) is 0 Å². The van der Waals surface area contributed by atoms with Gasteiger partial charge in [-0.2, -0.15) is 0 Å². The van der Waals surface area contributed by atoms with E-state index in [9.17, 15) is 14.4 Å². The third kappa shape index (κ3) is 1.85. The highest BCUT2D eigenvalue weighted by Crippen LogP contribution is 2.30. The number of ketones is 1. The van der Waals surface area contributed by atoms with Crippen LogP contribution >= 0.6 is 0 Å². The van der Waals surface area contributed by atoms with Crippen LogP contribution in [0.3, 0.4) is 0 Å². The molecule has 98 valence electrons. The maximum atomic E-state index is 11.8. The Morgan fingerprint density at radius 2 is 2.05 bits per heavy atom. The van der Waals surface area contributed by atoms with Gasteiger partial charge in [0.15, 0.2) is 0 Å². The number of hydrogen-bond donors (Lipinski definition) is 2. The molecule has 0 bridgehead atoms. The zero-order valence-corrected chi connectivity index (χ0v) is 10.2. The predicted octanol–water partition coefficient (Wildman–Crippen LogP) is -0.657. The molecule has 0 aromatic heterocycles. The Kier molecular flexibility index (Phi) is 2.51. The molecule has 1 fully saturated rings. The largest absolute Gasteiger partial charge is 0.395 e. The third-order valence-electron chi connectivity index (χ3n) is 3.61. The molecule has 1 saturated heterocycles. The number of nitrogens with one attached hydrogen (secondary N) is 1. The molecule has 0 spiro atoms. The summed E-state index contributed by atoms with van der Waals surface area (Å²) in [5, 5.41) is 2.33. The minimum absolute atomic E-state index is 0.197. The Morgan fingerprint density at radius 3 is 2.79 bits per heavy atom. The topological polar surface area (TPSA) is 92.5 Å². The van der Waals surface area contributed by atoms with E-state index in [2.05, 4.69) is 5.32 Å². The van der Waals surface area contributed by atoms with Crippen LogP contribution in [0, 0.1) is 0 Å². The molecule has 0 saturated carbocycles. The van der Waals surface area contributed by atoms with Crippen LogP contribution in [0.15, 0.2) is 35.2 Å². The van der Waals surface area contributed by atoms with Gasteiger partial charge in [-0.05, 0) is 24.1 Å². The SMILES string of the molecule is NC1=C2CN(C3CCC(=O)NC3=O)C=C2C=CC1=O. The van der Waals surface area contributed by atoms with E-state index in [1.54, 1.807) is 6.08 Å². The standard InChI is InChI=1S/C13H13N3O3/c14-12-8-6-16(5-7(8)1-3-10(12)17)9-2-4-11(18)15-13(9)19/h1,3,5,9H,2,4,6,14H2,(H,15,18,19). The Balaban J connectivity index is 1.85. The summed E-state index contributed by atoms with van der Waals surface area (Å²) in [6.07, 6.45) is 5.78. The maximum Gasteiger partial charge on any atom is 0.249 e. The highest BCUT2D eigenvalue weighted by Gasteiger charge is 2.35. The van der Waals surface area contributed by atoms with E-state index < -0.39 is 0 Å². The van der Waals surface area contributed by atoms with Crippen molar-refractivity contribution in [2.24, 2.45) is 5.73 Å². The molecule has 19 heavy (non-hydrogen) atoms. The van der Waals surface area contributed by atoms with Crippen LogP contribution in [-0.4, -0.2) is 35.1 Å². The molecule has 6 heteroatoms. The van der Waals surface area contributed by atoms with E-state index in [0.29, 0.717) is 19.4 Å². The lowest BCUT2D eigenvalue weighted by Crippen LogP contribution is -2.50. The molecule has 0 aromatic carbocycles. The van der Waals surface area contributed by atoms with Crippen molar-refractivity contribution in [3.63, 3.8) is 0 Å². The van der Waals surface area contributed by atoms with Gasteiger partial charge in [0, 0.05) is 24.7 Å². The van der Waals surface area contributed by atoms with Crippen molar-refractivity contribution in [2.45, 2.75) is 18.9 Å². The number of rotatable bonds is 1. The van der Waals surface area contributed by atoms with Gasteiger partial charge < -0.3 is 10.6 Å². The average molecular weight is 259 g/mol. The van der Waals surface area contributed by atoms with Crippen LogP contribution in [0.4, 0.5) is 0 Å². The number of fused-ring (bicyclic) bond motifs is 1. The summed E-state index contributed by atoms with van der Waals surface area (Å²) in [7, 11) is 0. The van der Waals surface area contributed by atoms with Gasteiger partial charge in [-0.1, -0.05) is 0 Å². The minimum Gasteiger partial charge on any atom is -0.395 e. The summed E-state index contributed by atoms with van der Waals surface area (Å²) in [4.78, 5) is 36.3. The number of nitrogens with two attached hydrogens (primary N) is 1. The Hall–Kier alpha value is -2.37. The van der Waals surface area contributed by atoms with E-state index in [-0.39, 0.29) is 29.3 Å². The summed E-state index contributed by atoms with van der Waals surface area (Å²) in [5.74, 6) is -0.724. The Bertz CT molecular complexity index is 586. The number of carbonyl (C=O) groups is 3. The van der Waals surface area contributed by atoms with Crippen molar-refractivity contribution in [2.75, 3.05) is 6.54 Å². The van der Waals surface area contributed by atoms with E-state index in [1.807, 2.05) is 11.1 Å². The number of allylic oxidation sites excluding steroid dienone is 2. The second kappa shape index (κ2) is 4.08. The number of hydrogen-bond acceptors (Lipinski definition) is 5. The first kappa shape index (κ1) is 11.7. The van der Waals surface area contributed by atoms with Gasteiger partial charge in [0.2, 0.25) is 17.6 Å². The van der Waals surface area contributed by atoms with E-state index in [1.165, 1.54) is 6.08 Å². The third-order valence-corrected chi connectivity index (χ3v) is 3.61. The van der Waals surface area contributed by atoms with Gasteiger partial charge in [-0.15, -0.1) is 0 Å². The summed E-state index contributed by atoms with van der Waals surface area (Å²) in [5.41, 5.74) is 7.63. The molecule has 3 N–H and O–H groups in total. The predicted molar refractivity (Wildman–Crippen MR) is 66.3 cm³/mol. The quantitative estimate of drug-likeness (QED) is 0.610. The molecule has 2 amide bonds. The van der Waals surface area contributed by atoms with Crippen molar-refractivity contribution in [1.29, 1.82) is 0 Å². The highest BCUT2D eigenvalue weighted by molar-refractivity contribution is 6.06. The van der Waals surface area contributed by atoms with Gasteiger partial charge in [0.05, 0.1) is 5.70 Å². The molecule has 1 unspecified atom stereocenters. The molecule has 1 atom stereocenters. The number of amides is 2. The molecular weight excluding hydrogens is 246 g/mol. The van der Waals surface area contributed by atoms with Crippen LogP contribution in [-0.2, 0) is 14.4 Å². The first-order chi connectivity index (χ1) is 9.06. The Morgan fingerprint density at radius 1 is 1.26 bits per heavy atom. The van der Waals surface area contributed by atoms with Crippen LogP contribution in [0.5, 0.6) is 0 Å². The zero-order chi connectivity index (χ0) is 13.6. The van der Waals surface area contributed by atoms with Crippen molar-refractivity contribution < 1.29 is 14.4 Å². The summed E-state index contributed by atoms with van der Waals surface area (Å²) < 4.78 is 0. The molecule has 6 nitrogen and oxygen atoms in total. The summed E-state index contributed by atoms with van der Waals surface area (Å²) >= 11 is 0. The highest BCUT2D eigenvalue weighted by atomic mass is 16.2. The monoisotopic (exact) mass is 259 g/mol. The van der Waals surface area contributed by atoms with E-state index in [4.69, 9.17) is 5.73 Å². The summed E-state index contributed by atoms with van der Waals surface area (Å²) in [6.45, 7) is 0.434. The van der Waals surface area contributed by atoms with Crippen molar-refractivity contribution in [3.05, 3.63) is 35.2 Å². The number of imide groups is 1. The van der Waals surface area contributed by atoms with Crippen molar-refractivity contribution in [3.8, 4) is 0 Å². The fourth-order valence-corrected chi connectivity index (χ4v) is 2.56. The normalized spacial score (nSPS) is 26.5. The second-order valence-electron chi connectivity index (χ2n) is 4.81. The first-order valence-electron chi connectivity index (χ1n) is 6.09. The number of nitrogens with zero attached hydrogens (tertiary/aromatic N) is 1. The van der Waals surface area contributed by atoms with E-state index in [0.717, 1.165) is 11.1 Å². The molecular formula is C13H13N3O3. The molecule has 0 radical (unpaired) electrons. The lowest BCUT2D eigenvalue weighted by atomic mass is 9.99. The maximum absolute atomic E-state index is 11.8. The van der Waals surface area contributed by atoms with Gasteiger partial charge in [0.25, 0.3) is 0 Å². The molecule has 0 aromatic rings. The van der Waals surface area contributed by atoms with Crippen LogP contribution in [0.2, 0.25) is 0 Å².